The minimum atomic E-state index is -0.694. The standard InChI is InChI=1S/C87H53ClN2OS2/c88-59-40-44-72-69(52-59)68-49-56(67(57-38-46-76-70(50-57)64-29-13-17-33-75(64)90(76)61-27-11-4-12-28-61)51-58-39-48-81-85(66-31-15-19-35-79(66)92-81)83(58)55-23-7-2-8-24-55)37-43-71(68)87(72)73-32-16-20-36-80(73)93-82-53-62(41-45-74(82)87)89(60-25-9-3-10-26-60)77-47-42-63(54-21-5-1-6-22-54)86-84(77)65-30-14-18-34-78(65)91-86/h1-53H/b67-51+. The maximum Gasteiger partial charge on any atom is 0.145 e. The highest BCUT2D eigenvalue weighted by molar-refractivity contribution is 7.99. The molecule has 0 saturated heterocycles. The average Bonchev–Trinajstić information content (AvgIpc) is 1.58. The van der Waals surface area contributed by atoms with Crippen molar-refractivity contribution in [2.75, 3.05) is 4.90 Å². The van der Waals surface area contributed by atoms with Crippen LogP contribution in [-0.2, 0) is 5.41 Å². The fourth-order valence-electron chi connectivity index (χ4n) is 15.4. The predicted octanol–water partition coefficient (Wildman–Crippen LogP) is 24.9. The summed E-state index contributed by atoms with van der Waals surface area (Å²) in [5.41, 5.74) is 24.0. The van der Waals surface area contributed by atoms with Gasteiger partial charge in [0.25, 0.3) is 0 Å². The highest BCUT2D eigenvalue weighted by Crippen LogP contribution is 2.64. The highest BCUT2D eigenvalue weighted by atomic mass is 35.5. The van der Waals surface area contributed by atoms with Gasteiger partial charge in [0.2, 0.25) is 0 Å². The molecule has 2 aliphatic rings. The minimum absolute atomic E-state index is 0.694. The van der Waals surface area contributed by atoms with E-state index in [1.807, 2.05) is 23.1 Å². The molecule has 1 atom stereocenters. The van der Waals surface area contributed by atoms with Crippen molar-refractivity contribution < 1.29 is 4.42 Å². The molecule has 0 amide bonds. The number of furan rings is 1. The van der Waals surface area contributed by atoms with Crippen LogP contribution in [0.1, 0.15) is 38.9 Å². The van der Waals surface area contributed by atoms with Crippen molar-refractivity contribution in [3.05, 3.63) is 359 Å². The molecule has 0 bridgehead atoms. The van der Waals surface area contributed by atoms with E-state index >= 15 is 0 Å². The van der Waals surface area contributed by atoms with Gasteiger partial charge in [-0.25, -0.2) is 0 Å². The molecular formula is C87H53ClN2OS2. The number of hydrogen-bond acceptors (Lipinski definition) is 4. The molecule has 3 nitrogen and oxygen atoms in total. The van der Waals surface area contributed by atoms with Gasteiger partial charge in [-0.3, -0.25) is 0 Å². The Morgan fingerprint density at radius 1 is 0.419 bits per heavy atom. The van der Waals surface area contributed by atoms with Crippen molar-refractivity contribution in [2.24, 2.45) is 0 Å². The first-order valence-electron chi connectivity index (χ1n) is 31.6. The van der Waals surface area contributed by atoms with Gasteiger partial charge in [0.05, 0.1) is 27.5 Å². The second kappa shape index (κ2) is 21.3. The summed E-state index contributed by atoms with van der Waals surface area (Å²) >= 11 is 11.0. The summed E-state index contributed by atoms with van der Waals surface area (Å²) in [6, 6.07) is 116. The van der Waals surface area contributed by atoms with Crippen molar-refractivity contribution in [1.29, 1.82) is 0 Å². The summed E-state index contributed by atoms with van der Waals surface area (Å²) in [6.45, 7) is 0. The first-order chi connectivity index (χ1) is 46.0. The number of aromatic nitrogens is 1. The molecule has 0 radical (unpaired) electrons. The van der Waals surface area contributed by atoms with Gasteiger partial charge in [0, 0.05) is 73.8 Å². The number of anilines is 3. The SMILES string of the molecule is Clc1ccc2c(c1)-c1cc(/C(=C\c3ccc4sc5ccccc5c4c3-c3ccccc3)c3ccc4c(c3)c3ccccc3n4-c3ccccc3)ccc1C21c2ccccc2Sc2cc(N(c3ccccc3)c3ccc(-c4ccccc4)c4oc5ccccc5c34)ccc21. The van der Waals surface area contributed by atoms with Crippen LogP contribution in [0.5, 0.6) is 0 Å². The first kappa shape index (κ1) is 53.9. The Morgan fingerprint density at radius 2 is 1.05 bits per heavy atom. The Hall–Kier alpha value is -10.9. The van der Waals surface area contributed by atoms with E-state index in [1.54, 1.807) is 0 Å². The van der Waals surface area contributed by atoms with Crippen LogP contribution < -0.4 is 4.90 Å². The van der Waals surface area contributed by atoms with Crippen molar-refractivity contribution in [3.63, 3.8) is 0 Å². The summed E-state index contributed by atoms with van der Waals surface area (Å²) < 4.78 is 11.9. The lowest BCUT2D eigenvalue weighted by atomic mass is 9.67. The highest BCUT2D eigenvalue weighted by Gasteiger charge is 2.50. The summed E-state index contributed by atoms with van der Waals surface area (Å²) in [6.07, 6.45) is 2.47. The molecule has 436 valence electrons. The molecule has 14 aromatic carbocycles. The Morgan fingerprint density at radius 3 is 1.88 bits per heavy atom. The molecule has 1 aliphatic carbocycles. The Balaban J connectivity index is 0.841. The van der Waals surface area contributed by atoms with Crippen LogP contribution >= 0.6 is 34.7 Å². The number of thiophene rings is 1. The molecule has 1 spiro atoms. The topological polar surface area (TPSA) is 21.3 Å². The molecule has 3 aromatic heterocycles. The van der Waals surface area contributed by atoms with E-state index in [0.717, 1.165) is 94.7 Å². The van der Waals surface area contributed by atoms with E-state index in [-0.39, 0.29) is 0 Å². The molecule has 1 aliphatic heterocycles. The quantitative estimate of drug-likeness (QED) is 0.134. The first-order valence-corrected chi connectivity index (χ1v) is 33.6. The van der Waals surface area contributed by atoms with Crippen molar-refractivity contribution in [2.45, 2.75) is 15.2 Å². The van der Waals surface area contributed by atoms with E-state index in [9.17, 15) is 0 Å². The number of benzene rings is 14. The van der Waals surface area contributed by atoms with Gasteiger partial charge in [-0.2, -0.15) is 0 Å². The predicted molar refractivity (Wildman–Crippen MR) is 393 cm³/mol. The third kappa shape index (κ3) is 8.31. The molecule has 4 heterocycles. The van der Waals surface area contributed by atoms with Crippen LogP contribution in [0.25, 0.3) is 115 Å². The van der Waals surface area contributed by atoms with Gasteiger partial charge >= 0.3 is 0 Å². The zero-order valence-corrected chi connectivity index (χ0v) is 52.5. The van der Waals surface area contributed by atoms with Crippen LogP contribution in [0.4, 0.5) is 17.1 Å². The fraction of sp³-hybridized carbons (Fsp3) is 0.0115. The number of hydrogen-bond donors (Lipinski definition) is 0. The molecule has 17 aromatic rings. The number of nitrogens with zero attached hydrogens (tertiary/aromatic N) is 2. The maximum absolute atomic E-state index is 7.29. The monoisotopic (exact) mass is 1240 g/mol. The van der Waals surface area contributed by atoms with Gasteiger partial charge in [0.15, 0.2) is 0 Å². The normalized spacial score (nSPS) is 14.1. The second-order valence-electron chi connectivity index (χ2n) is 24.3. The van der Waals surface area contributed by atoms with Crippen LogP contribution in [0.3, 0.4) is 0 Å². The molecule has 19 rings (SSSR count). The zero-order valence-electron chi connectivity index (χ0n) is 50.1. The van der Waals surface area contributed by atoms with Gasteiger partial charge in [-0.15, -0.1) is 11.3 Å². The Bertz CT molecular complexity index is 5930. The molecule has 6 heteroatoms. The van der Waals surface area contributed by atoms with Crippen molar-refractivity contribution >= 4 is 127 Å². The summed E-state index contributed by atoms with van der Waals surface area (Å²) in [5, 5.41) is 7.79. The molecule has 0 fully saturated rings. The number of fused-ring (bicyclic) bond motifs is 18. The summed E-state index contributed by atoms with van der Waals surface area (Å²) in [4.78, 5) is 4.82. The van der Waals surface area contributed by atoms with E-state index in [2.05, 4.69) is 331 Å². The fourth-order valence-corrected chi connectivity index (χ4v) is 17.9. The van der Waals surface area contributed by atoms with Crippen molar-refractivity contribution in [3.8, 4) is 39.1 Å². The Labute approximate surface area is 551 Å². The summed E-state index contributed by atoms with van der Waals surface area (Å²) in [7, 11) is 0. The third-order valence-electron chi connectivity index (χ3n) is 19.3. The molecule has 93 heavy (non-hydrogen) atoms. The largest absolute Gasteiger partial charge is 0.455 e. The number of halogens is 1. The number of para-hydroxylation sites is 4. The lowest BCUT2D eigenvalue weighted by Crippen LogP contribution is -2.32. The average molecular weight is 1240 g/mol. The van der Waals surface area contributed by atoms with E-state index in [4.69, 9.17) is 16.0 Å². The van der Waals surface area contributed by atoms with Crippen LogP contribution in [-0.4, -0.2) is 4.57 Å². The van der Waals surface area contributed by atoms with E-state index in [0.29, 0.717) is 5.02 Å². The summed E-state index contributed by atoms with van der Waals surface area (Å²) in [5.74, 6) is 0. The van der Waals surface area contributed by atoms with Crippen LogP contribution in [0.15, 0.2) is 330 Å². The second-order valence-corrected chi connectivity index (χ2v) is 26.9. The van der Waals surface area contributed by atoms with E-state index in [1.165, 1.54) is 79.6 Å². The molecule has 0 saturated carbocycles. The lowest BCUT2D eigenvalue weighted by molar-refractivity contribution is 0.670. The third-order valence-corrected chi connectivity index (χ3v) is 21.8. The van der Waals surface area contributed by atoms with Gasteiger partial charge in [0.1, 0.15) is 11.2 Å². The molecule has 0 N–H and O–H groups in total. The molecular weight excluding hydrogens is 1190 g/mol. The lowest BCUT2D eigenvalue weighted by Gasteiger charge is -2.40. The number of rotatable bonds is 9. The van der Waals surface area contributed by atoms with Crippen LogP contribution in [0, 0.1) is 0 Å². The van der Waals surface area contributed by atoms with Gasteiger partial charge in [-0.05, 0) is 188 Å². The smallest absolute Gasteiger partial charge is 0.145 e. The van der Waals surface area contributed by atoms with Gasteiger partial charge in [-0.1, -0.05) is 230 Å². The molecule has 1 unspecified atom stereocenters. The zero-order chi connectivity index (χ0) is 61.3. The van der Waals surface area contributed by atoms with E-state index < -0.39 is 5.41 Å². The Kier molecular flexibility index (Phi) is 12.4. The minimum Gasteiger partial charge on any atom is -0.455 e. The van der Waals surface area contributed by atoms with Gasteiger partial charge < -0.3 is 13.9 Å². The van der Waals surface area contributed by atoms with Crippen LogP contribution in [0.2, 0.25) is 5.02 Å². The van der Waals surface area contributed by atoms with Crippen molar-refractivity contribution in [1.82, 2.24) is 4.57 Å². The maximum atomic E-state index is 7.29.